The molecule has 1 aromatic carbocycles. The van der Waals surface area contributed by atoms with E-state index in [2.05, 4.69) is 16.1 Å². The summed E-state index contributed by atoms with van der Waals surface area (Å²) in [7, 11) is -9.90. The number of nitriles is 1. The van der Waals surface area contributed by atoms with Gasteiger partial charge in [0.25, 0.3) is 5.91 Å². The van der Waals surface area contributed by atoms with Crippen LogP contribution in [0.4, 0.5) is 25.1 Å². The summed E-state index contributed by atoms with van der Waals surface area (Å²) in [6.07, 6.45) is 3.77. The molecule has 3 aliphatic carbocycles. The van der Waals surface area contributed by atoms with Gasteiger partial charge in [-0.15, -0.1) is 0 Å². The molecular formula is C20H26F5N3OS2. The molecule has 4 nitrogen and oxygen atoms in total. The third kappa shape index (κ3) is 5.40. The van der Waals surface area contributed by atoms with E-state index in [1.165, 1.54) is 0 Å². The van der Waals surface area contributed by atoms with E-state index in [4.69, 9.17) is 0 Å². The number of carbonyl (C=O) groups is 1. The molecular weight excluding hydrogens is 457 g/mol. The molecule has 0 atom stereocenters. The van der Waals surface area contributed by atoms with Crippen LogP contribution in [0.3, 0.4) is 0 Å². The Labute approximate surface area is 183 Å². The molecule has 31 heavy (non-hydrogen) atoms. The van der Waals surface area contributed by atoms with Gasteiger partial charge in [-0.1, -0.05) is 19.4 Å². The van der Waals surface area contributed by atoms with Crippen LogP contribution in [0.25, 0.3) is 0 Å². The van der Waals surface area contributed by atoms with Crippen molar-refractivity contribution in [3.8, 4) is 6.07 Å². The summed E-state index contributed by atoms with van der Waals surface area (Å²) in [5, 5.41) is 12.3. The standard InChI is InChI=1S/C20H26F5N3OS2/c1-18(2,3)30-28-16-12-14(31(21,22,23,24)25)4-5-15(16)17(29)27-20-9-6-19(13-26,7-10-20)8-11-20/h4-5,12,28H,6-11H2,1-3H3,(H,27,29). The Morgan fingerprint density at radius 3 is 2.06 bits per heavy atom. The van der Waals surface area contributed by atoms with Crippen molar-refractivity contribution in [1.82, 2.24) is 5.32 Å². The molecule has 11 heteroatoms. The maximum Gasteiger partial charge on any atom is 0.310 e. The molecule has 3 aliphatic rings. The fourth-order valence-corrected chi connectivity index (χ4v) is 5.35. The fraction of sp³-hybridized carbons (Fsp3) is 0.600. The van der Waals surface area contributed by atoms with Gasteiger partial charge >= 0.3 is 10.2 Å². The van der Waals surface area contributed by atoms with Crippen LogP contribution in [0.15, 0.2) is 23.1 Å². The minimum Gasteiger partial charge on any atom is -0.347 e. The van der Waals surface area contributed by atoms with Gasteiger partial charge in [0.1, 0.15) is 4.90 Å². The van der Waals surface area contributed by atoms with E-state index >= 15 is 0 Å². The van der Waals surface area contributed by atoms with Crippen LogP contribution in [0.2, 0.25) is 0 Å². The fourth-order valence-electron chi connectivity index (χ4n) is 4.10. The highest BCUT2D eigenvalue weighted by Gasteiger charge is 2.65. The maximum atomic E-state index is 13.3. The number of hydrogen-bond acceptors (Lipinski definition) is 4. The number of hydrogen-bond donors (Lipinski definition) is 2. The zero-order valence-corrected chi connectivity index (χ0v) is 19.2. The van der Waals surface area contributed by atoms with E-state index < -0.39 is 31.3 Å². The number of amides is 1. The van der Waals surface area contributed by atoms with Gasteiger partial charge in [-0.25, -0.2) is 0 Å². The van der Waals surface area contributed by atoms with Crippen LogP contribution in [-0.4, -0.2) is 16.2 Å². The number of nitrogens with zero attached hydrogens (tertiary/aromatic N) is 1. The Balaban J connectivity index is 1.91. The second kappa shape index (κ2) is 6.67. The number of rotatable bonds is 5. The monoisotopic (exact) mass is 483 g/mol. The van der Waals surface area contributed by atoms with Crippen LogP contribution in [0, 0.1) is 16.7 Å². The van der Waals surface area contributed by atoms with E-state index in [0.717, 1.165) is 18.0 Å². The van der Waals surface area contributed by atoms with Crippen LogP contribution in [-0.2, 0) is 0 Å². The van der Waals surface area contributed by atoms with Crippen molar-refractivity contribution in [1.29, 1.82) is 5.26 Å². The Morgan fingerprint density at radius 1 is 1.06 bits per heavy atom. The summed E-state index contributed by atoms with van der Waals surface area (Å²) < 4.78 is 68.9. The minimum atomic E-state index is -9.90. The molecule has 1 amide bonds. The van der Waals surface area contributed by atoms with E-state index in [1.807, 2.05) is 0 Å². The van der Waals surface area contributed by atoms with Gasteiger partial charge in [0.2, 0.25) is 0 Å². The number of fused-ring (bicyclic) bond motifs is 3. The van der Waals surface area contributed by atoms with Crippen molar-refractivity contribution in [2.24, 2.45) is 5.41 Å². The summed E-state index contributed by atoms with van der Waals surface area (Å²) >= 11 is 1.03. The topological polar surface area (TPSA) is 64.9 Å². The van der Waals surface area contributed by atoms with Gasteiger partial charge in [0, 0.05) is 10.3 Å². The van der Waals surface area contributed by atoms with Crippen LogP contribution in [0.5, 0.6) is 0 Å². The van der Waals surface area contributed by atoms with Crippen molar-refractivity contribution >= 4 is 33.8 Å². The molecule has 0 unspecified atom stereocenters. The summed E-state index contributed by atoms with van der Waals surface area (Å²) in [6, 6.07) is 3.76. The van der Waals surface area contributed by atoms with E-state index in [1.54, 1.807) is 20.8 Å². The first-order valence-corrected chi connectivity index (χ1v) is 12.7. The largest absolute Gasteiger partial charge is 0.347 e. The molecule has 2 N–H and O–H groups in total. The van der Waals surface area contributed by atoms with E-state index in [9.17, 15) is 29.5 Å². The molecule has 3 fully saturated rings. The average molecular weight is 484 g/mol. The van der Waals surface area contributed by atoms with Crippen molar-refractivity contribution < 1.29 is 24.2 Å². The van der Waals surface area contributed by atoms with Crippen molar-refractivity contribution in [2.45, 2.75) is 74.5 Å². The lowest BCUT2D eigenvalue weighted by atomic mass is 9.58. The molecule has 2 bridgehead atoms. The third-order valence-corrected chi connectivity index (χ3v) is 8.09. The molecule has 0 radical (unpaired) electrons. The third-order valence-electron chi connectivity index (χ3n) is 6.01. The Hall–Kier alpha value is -1.67. The quantitative estimate of drug-likeness (QED) is 0.335. The molecule has 0 saturated heterocycles. The minimum absolute atomic E-state index is 0.126. The lowest BCUT2D eigenvalue weighted by Gasteiger charge is -2.50. The van der Waals surface area contributed by atoms with E-state index in [0.29, 0.717) is 44.6 Å². The molecule has 174 valence electrons. The molecule has 3 saturated carbocycles. The smallest absolute Gasteiger partial charge is 0.310 e. The zero-order chi connectivity index (χ0) is 23.4. The van der Waals surface area contributed by atoms with Crippen LogP contribution in [0.1, 0.15) is 69.7 Å². The maximum absolute atomic E-state index is 13.3. The SMILES string of the molecule is CC(C)(C)SNc1cc(S(F)(F)(F)(F)F)ccc1C(=O)NC12CCC(C#N)(CC1)CC2. The van der Waals surface area contributed by atoms with Gasteiger partial charge < -0.3 is 10.0 Å². The molecule has 0 spiro atoms. The summed E-state index contributed by atoms with van der Waals surface area (Å²) in [5.74, 6) is -0.614. The van der Waals surface area contributed by atoms with Gasteiger partial charge in [-0.2, -0.15) is 5.26 Å². The van der Waals surface area contributed by atoms with Gasteiger partial charge in [-0.3, -0.25) is 4.79 Å². The number of nitrogens with one attached hydrogen (secondary N) is 2. The Morgan fingerprint density at radius 2 is 1.61 bits per heavy atom. The first-order chi connectivity index (χ1) is 13.9. The van der Waals surface area contributed by atoms with Crippen molar-refractivity contribution in [2.75, 3.05) is 4.72 Å². The Kier molecular flexibility index (Phi) is 5.16. The Bertz CT molecular complexity index is 927. The van der Waals surface area contributed by atoms with Crippen LogP contribution >= 0.6 is 22.2 Å². The molecule has 0 aliphatic heterocycles. The van der Waals surface area contributed by atoms with Crippen molar-refractivity contribution in [3.63, 3.8) is 0 Å². The molecule has 1 aromatic rings. The highest BCUT2D eigenvalue weighted by molar-refractivity contribution is 8.45. The summed E-state index contributed by atoms with van der Waals surface area (Å²) in [5.41, 5.74) is -1.31. The predicted octanol–water partition coefficient (Wildman–Crippen LogP) is 7.55. The lowest BCUT2D eigenvalue weighted by molar-refractivity contribution is 0.0521. The van der Waals surface area contributed by atoms with Gasteiger partial charge in [-0.05, 0) is 89.4 Å². The summed E-state index contributed by atoms with van der Waals surface area (Å²) in [4.78, 5) is 11.0. The first-order valence-electron chi connectivity index (χ1n) is 9.92. The van der Waals surface area contributed by atoms with E-state index in [-0.39, 0.29) is 22.7 Å². The van der Waals surface area contributed by atoms with Gasteiger partial charge in [0.05, 0.1) is 22.7 Å². The number of carbonyl (C=O) groups excluding carboxylic acids is 1. The van der Waals surface area contributed by atoms with Crippen molar-refractivity contribution in [3.05, 3.63) is 23.8 Å². The lowest BCUT2D eigenvalue weighted by Crippen LogP contribution is -2.56. The molecule has 4 rings (SSSR count). The number of halogens is 5. The predicted molar refractivity (Wildman–Crippen MR) is 115 cm³/mol. The second-order valence-corrected chi connectivity index (χ2v) is 13.7. The van der Waals surface area contributed by atoms with Crippen LogP contribution < -0.4 is 10.0 Å². The second-order valence-electron chi connectivity index (χ2n) is 9.62. The average Bonchev–Trinajstić information content (AvgIpc) is 2.65. The normalized spacial score (nSPS) is 28.2. The number of anilines is 1. The highest BCUT2D eigenvalue weighted by atomic mass is 32.5. The zero-order valence-electron chi connectivity index (χ0n) is 17.5. The highest BCUT2D eigenvalue weighted by Crippen LogP contribution is 3.02. The van der Waals surface area contributed by atoms with Gasteiger partial charge in [0.15, 0.2) is 0 Å². The number of benzene rings is 1. The molecule has 0 aromatic heterocycles. The molecule has 0 heterocycles. The summed E-state index contributed by atoms with van der Waals surface area (Å²) in [6.45, 7) is 5.38. The first kappa shape index (κ1) is 24.0.